The standard InChI is InChI=1S/C8H11NO2/c1-3-5-9-6-4-7(2)8(10)11/h3-6H,1-2H3,(H,10,11)/b5-3-,7-4+,9-6-. The summed E-state index contributed by atoms with van der Waals surface area (Å²) in [5.41, 5.74) is 0.276. The third-order valence-electron chi connectivity index (χ3n) is 0.983. The number of aliphatic imine (C=N–C) groups is 1. The van der Waals surface area contributed by atoms with E-state index in [-0.39, 0.29) is 5.57 Å². The van der Waals surface area contributed by atoms with E-state index < -0.39 is 5.97 Å². The van der Waals surface area contributed by atoms with Gasteiger partial charge in [-0.15, -0.1) is 0 Å². The first-order valence-corrected chi connectivity index (χ1v) is 3.23. The molecule has 0 saturated heterocycles. The molecule has 0 aromatic carbocycles. The minimum atomic E-state index is -0.920. The number of carboxylic acids is 1. The summed E-state index contributed by atoms with van der Waals surface area (Å²) in [7, 11) is 0. The van der Waals surface area contributed by atoms with Crippen LogP contribution in [0.25, 0.3) is 0 Å². The molecule has 0 amide bonds. The van der Waals surface area contributed by atoms with Gasteiger partial charge < -0.3 is 5.11 Å². The van der Waals surface area contributed by atoms with Crippen molar-refractivity contribution in [1.82, 2.24) is 0 Å². The SMILES string of the molecule is C\C=C/N=C\C=C(/C)C(=O)O. The van der Waals surface area contributed by atoms with Crippen LogP contribution in [0.2, 0.25) is 0 Å². The van der Waals surface area contributed by atoms with Crippen LogP contribution in [0, 0.1) is 0 Å². The van der Waals surface area contributed by atoms with Gasteiger partial charge in [-0.05, 0) is 19.9 Å². The van der Waals surface area contributed by atoms with Gasteiger partial charge in [-0.3, -0.25) is 4.99 Å². The zero-order valence-electron chi connectivity index (χ0n) is 6.61. The fourth-order valence-electron chi connectivity index (χ4n) is 0.362. The van der Waals surface area contributed by atoms with E-state index in [4.69, 9.17) is 5.11 Å². The lowest BCUT2D eigenvalue weighted by Crippen LogP contribution is -1.95. The minimum Gasteiger partial charge on any atom is -0.478 e. The van der Waals surface area contributed by atoms with Crippen LogP contribution in [0.1, 0.15) is 13.8 Å². The van der Waals surface area contributed by atoms with E-state index in [0.717, 1.165) is 0 Å². The Bertz CT molecular complexity index is 214. The van der Waals surface area contributed by atoms with Crippen molar-refractivity contribution in [1.29, 1.82) is 0 Å². The van der Waals surface area contributed by atoms with Crippen molar-refractivity contribution in [3.8, 4) is 0 Å². The molecule has 0 unspecified atom stereocenters. The Morgan fingerprint density at radius 3 is 2.64 bits per heavy atom. The molecule has 0 aromatic heterocycles. The highest BCUT2D eigenvalue weighted by molar-refractivity contribution is 5.91. The Labute approximate surface area is 65.8 Å². The molecule has 3 heteroatoms. The summed E-state index contributed by atoms with van der Waals surface area (Å²) in [6, 6.07) is 0. The van der Waals surface area contributed by atoms with Crippen molar-refractivity contribution in [3.63, 3.8) is 0 Å². The van der Waals surface area contributed by atoms with Gasteiger partial charge in [0, 0.05) is 18.0 Å². The van der Waals surface area contributed by atoms with Crippen molar-refractivity contribution in [2.75, 3.05) is 0 Å². The number of carbonyl (C=O) groups is 1. The number of rotatable bonds is 3. The maximum absolute atomic E-state index is 10.2. The molecular weight excluding hydrogens is 142 g/mol. The summed E-state index contributed by atoms with van der Waals surface area (Å²) in [6.45, 7) is 3.36. The molecule has 11 heavy (non-hydrogen) atoms. The summed E-state index contributed by atoms with van der Waals surface area (Å²) >= 11 is 0. The zero-order chi connectivity index (χ0) is 8.69. The molecule has 0 rings (SSSR count). The number of carboxylic acid groups (broad SMARTS) is 1. The molecule has 0 aliphatic rings. The minimum absolute atomic E-state index is 0.276. The fraction of sp³-hybridized carbons (Fsp3) is 0.250. The lowest BCUT2D eigenvalue weighted by molar-refractivity contribution is -0.132. The van der Waals surface area contributed by atoms with Gasteiger partial charge >= 0.3 is 5.97 Å². The second-order valence-corrected chi connectivity index (χ2v) is 1.94. The molecule has 3 nitrogen and oxygen atoms in total. The molecule has 0 aliphatic heterocycles. The Balaban J connectivity index is 4.01. The van der Waals surface area contributed by atoms with E-state index >= 15 is 0 Å². The van der Waals surface area contributed by atoms with Crippen molar-refractivity contribution in [2.45, 2.75) is 13.8 Å². The van der Waals surface area contributed by atoms with Crippen molar-refractivity contribution >= 4 is 12.2 Å². The molecule has 0 heterocycles. The first-order valence-electron chi connectivity index (χ1n) is 3.23. The van der Waals surface area contributed by atoms with Gasteiger partial charge in [0.1, 0.15) is 0 Å². The van der Waals surface area contributed by atoms with E-state index in [1.807, 2.05) is 6.92 Å². The number of hydrogen-bond donors (Lipinski definition) is 1. The van der Waals surface area contributed by atoms with Gasteiger partial charge in [-0.25, -0.2) is 4.79 Å². The lowest BCUT2D eigenvalue weighted by Gasteiger charge is -1.85. The molecule has 0 spiro atoms. The topological polar surface area (TPSA) is 49.7 Å². The molecule has 0 saturated carbocycles. The second kappa shape index (κ2) is 5.41. The van der Waals surface area contributed by atoms with Gasteiger partial charge in [-0.1, -0.05) is 6.08 Å². The first-order chi connectivity index (χ1) is 5.18. The lowest BCUT2D eigenvalue weighted by atomic mass is 10.3. The van der Waals surface area contributed by atoms with Crippen molar-refractivity contribution in [2.24, 2.45) is 4.99 Å². The highest BCUT2D eigenvalue weighted by Crippen LogP contribution is 1.88. The average molecular weight is 153 g/mol. The Kier molecular flexibility index (Phi) is 4.73. The third-order valence-corrected chi connectivity index (χ3v) is 0.983. The van der Waals surface area contributed by atoms with Crippen LogP contribution in [-0.4, -0.2) is 17.3 Å². The van der Waals surface area contributed by atoms with Crippen LogP contribution in [0.4, 0.5) is 0 Å². The molecule has 0 aromatic rings. The number of hydrogen-bond acceptors (Lipinski definition) is 2. The first kappa shape index (κ1) is 9.62. The molecule has 0 atom stereocenters. The largest absolute Gasteiger partial charge is 0.478 e. The highest BCUT2D eigenvalue weighted by atomic mass is 16.4. The molecular formula is C8H11NO2. The van der Waals surface area contributed by atoms with E-state index in [1.165, 1.54) is 19.2 Å². The number of nitrogens with zero attached hydrogens (tertiary/aromatic N) is 1. The number of aliphatic carboxylic acids is 1. The van der Waals surface area contributed by atoms with Crippen molar-refractivity contribution in [3.05, 3.63) is 23.9 Å². The van der Waals surface area contributed by atoms with Gasteiger partial charge in [-0.2, -0.15) is 0 Å². The maximum Gasteiger partial charge on any atom is 0.331 e. The van der Waals surface area contributed by atoms with Crippen LogP contribution in [-0.2, 0) is 4.79 Å². The van der Waals surface area contributed by atoms with Gasteiger partial charge in [0.2, 0.25) is 0 Å². The smallest absolute Gasteiger partial charge is 0.331 e. The van der Waals surface area contributed by atoms with Crippen LogP contribution >= 0.6 is 0 Å². The molecule has 0 bridgehead atoms. The monoisotopic (exact) mass is 153 g/mol. The predicted molar refractivity (Wildman–Crippen MR) is 44.7 cm³/mol. The predicted octanol–water partition coefficient (Wildman–Crippen LogP) is 1.62. The summed E-state index contributed by atoms with van der Waals surface area (Å²) in [4.78, 5) is 14.0. The summed E-state index contributed by atoms with van der Waals surface area (Å²) < 4.78 is 0. The third kappa shape index (κ3) is 5.08. The Hall–Kier alpha value is -1.38. The van der Waals surface area contributed by atoms with E-state index in [2.05, 4.69) is 4.99 Å². The Morgan fingerprint density at radius 2 is 2.18 bits per heavy atom. The highest BCUT2D eigenvalue weighted by Gasteiger charge is 1.95. The van der Waals surface area contributed by atoms with Crippen LogP contribution in [0.15, 0.2) is 28.9 Å². The molecule has 1 N–H and O–H groups in total. The average Bonchev–Trinajstić information content (AvgIpc) is 1.97. The molecule has 60 valence electrons. The van der Waals surface area contributed by atoms with E-state index in [9.17, 15) is 4.79 Å². The maximum atomic E-state index is 10.2. The summed E-state index contributed by atoms with van der Waals surface area (Å²) in [5, 5.41) is 8.39. The Morgan fingerprint density at radius 1 is 1.55 bits per heavy atom. The van der Waals surface area contributed by atoms with Gasteiger partial charge in [0.05, 0.1) is 0 Å². The molecule has 0 aliphatic carbocycles. The van der Waals surface area contributed by atoms with Crippen LogP contribution in [0.5, 0.6) is 0 Å². The van der Waals surface area contributed by atoms with Crippen LogP contribution < -0.4 is 0 Å². The second-order valence-electron chi connectivity index (χ2n) is 1.94. The number of allylic oxidation sites excluding steroid dienone is 2. The zero-order valence-corrected chi connectivity index (χ0v) is 6.61. The van der Waals surface area contributed by atoms with Crippen LogP contribution in [0.3, 0.4) is 0 Å². The van der Waals surface area contributed by atoms with E-state index in [1.54, 1.807) is 12.3 Å². The van der Waals surface area contributed by atoms with Gasteiger partial charge in [0.25, 0.3) is 0 Å². The van der Waals surface area contributed by atoms with E-state index in [0.29, 0.717) is 0 Å². The summed E-state index contributed by atoms with van der Waals surface area (Å²) in [5.74, 6) is -0.920. The summed E-state index contributed by atoms with van der Waals surface area (Å²) in [6.07, 6.45) is 6.25. The van der Waals surface area contributed by atoms with Gasteiger partial charge in [0.15, 0.2) is 0 Å². The fourth-order valence-corrected chi connectivity index (χ4v) is 0.362. The normalized spacial score (nSPS) is 13.1. The molecule has 0 radical (unpaired) electrons. The quantitative estimate of drug-likeness (QED) is 0.494. The molecule has 0 fully saturated rings. The van der Waals surface area contributed by atoms with Crippen molar-refractivity contribution < 1.29 is 9.90 Å².